The number of halogens is 1. The number of hydrogen-bond donors (Lipinski definition) is 3. The van der Waals surface area contributed by atoms with E-state index in [0.29, 0.717) is 18.3 Å². The molecule has 2 rings (SSSR count). The van der Waals surface area contributed by atoms with E-state index in [0.717, 1.165) is 23.3 Å². The lowest BCUT2D eigenvalue weighted by atomic mass is 9.95. The molecular formula is C17H28IN3OS. The maximum Gasteiger partial charge on any atom is 0.191 e. The maximum absolute atomic E-state index is 9.32. The number of thioether (sulfide) groups is 1. The van der Waals surface area contributed by atoms with Crippen LogP contribution in [0.25, 0.3) is 0 Å². The van der Waals surface area contributed by atoms with Gasteiger partial charge >= 0.3 is 0 Å². The lowest BCUT2D eigenvalue weighted by molar-refractivity contribution is 0.419. The van der Waals surface area contributed by atoms with Gasteiger partial charge in [-0.3, -0.25) is 0 Å². The van der Waals surface area contributed by atoms with Crippen molar-refractivity contribution in [2.75, 3.05) is 12.8 Å². The van der Waals surface area contributed by atoms with Crippen molar-refractivity contribution in [2.45, 2.75) is 50.4 Å². The fourth-order valence-corrected chi connectivity index (χ4v) is 3.60. The van der Waals surface area contributed by atoms with E-state index in [-0.39, 0.29) is 24.0 Å². The second kappa shape index (κ2) is 11.0. The van der Waals surface area contributed by atoms with E-state index >= 15 is 0 Å². The standard InChI is InChI=1S/C17H27N3OS.HI/c1-3-18-17(19-12-13-7-9-15(21)10-8-13)20-14-5-4-6-16(11-14)22-2;/h7-10,14,16,21H,3-6,11-12H2,1-2H3,(H2,18,19,20);1H. The van der Waals surface area contributed by atoms with Crippen molar-refractivity contribution >= 4 is 41.7 Å². The van der Waals surface area contributed by atoms with E-state index in [4.69, 9.17) is 0 Å². The van der Waals surface area contributed by atoms with Crippen LogP contribution in [0.2, 0.25) is 0 Å². The molecule has 1 aromatic rings. The zero-order chi connectivity index (χ0) is 15.8. The molecule has 1 aromatic carbocycles. The Hall–Kier alpha value is -0.630. The van der Waals surface area contributed by atoms with Crippen LogP contribution in [-0.2, 0) is 6.54 Å². The van der Waals surface area contributed by atoms with Crippen molar-refractivity contribution in [1.29, 1.82) is 0 Å². The number of phenols is 1. The van der Waals surface area contributed by atoms with Crippen LogP contribution >= 0.6 is 35.7 Å². The summed E-state index contributed by atoms with van der Waals surface area (Å²) in [5.74, 6) is 1.19. The van der Waals surface area contributed by atoms with Crippen molar-refractivity contribution in [2.24, 2.45) is 4.99 Å². The Morgan fingerprint density at radius 3 is 2.70 bits per heavy atom. The Balaban J connectivity index is 0.00000264. The van der Waals surface area contributed by atoms with Crippen LogP contribution in [0, 0.1) is 0 Å². The predicted octanol–water partition coefficient (Wildman–Crippen LogP) is 3.74. The van der Waals surface area contributed by atoms with Crippen molar-refractivity contribution in [3.05, 3.63) is 29.8 Å². The highest BCUT2D eigenvalue weighted by atomic mass is 127. The summed E-state index contributed by atoms with van der Waals surface area (Å²) in [6.07, 6.45) is 7.27. The molecule has 4 nitrogen and oxygen atoms in total. The molecule has 23 heavy (non-hydrogen) atoms. The van der Waals surface area contributed by atoms with Crippen LogP contribution in [0.1, 0.15) is 38.2 Å². The van der Waals surface area contributed by atoms with Gasteiger partial charge in [0.25, 0.3) is 0 Å². The highest BCUT2D eigenvalue weighted by Crippen LogP contribution is 2.26. The van der Waals surface area contributed by atoms with Gasteiger partial charge in [-0.15, -0.1) is 24.0 Å². The Morgan fingerprint density at radius 1 is 1.30 bits per heavy atom. The monoisotopic (exact) mass is 449 g/mol. The van der Waals surface area contributed by atoms with Gasteiger partial charge < -0.3 is 15.7 Å². The molecule has 0 heterocycles. The number of benzene rings is 1. The van der Waals surface area contributed by atoms with Crippen LogP contribution < -0.4 is 10.6 Å². The smallest absolute Gasteiger partial charge is 0.191 e. The molecule has 3 N–H and O–H groups in total. The average Bonchev–Trinajstić information content (AvgIpc) is 2.54. The van der Waals surface area contributed by atoms with Crippen molar-refractivity contribution in [3.8, 4) is 5.75 Å². The van der Waals surface area contributed by atoms with Crippen LogP contribution in [0.15, 0.2) is 29.3 Å². The molecular weight excluding hydrogens is 421 g/mol. The molecule has 0 aromatic heterocycles. The van der Waals surface area contributed by atoms with Crippen molar-refractivity contribution in [3.63, 3.8) is 0 Å². The minimum Gasteiger partial charge on any atom is -0.508 e. The molecule has 0 aliphatic heterocycles. The van der Waals surface area contributed by atoms with E-state index in [9.17, 15) is 5.11 Å². The average molecular weight is 449 g/mol. The summed E-state index contributed by atoms with van der Waals surface area (Å²) < 4.78 is 0. The summed E-state index contributed by atoms with van der Waals surface area (Å²) in [6.45, 7) is 3.57. The quantitative estimate of drug-likeness (QED) is 0.364. The molecule has 0 bridgehead atoms. The second-order valence-electron chi connectivity index (χ2n) is 5.73. The number of rotatable bonds is 5. The number of hydrogen-bond acceptors (Lipinski definition) is 3. The Labute approximate surface area is 160 Å². The minimum atomic E-state index is 0. The van der Waals surface area contributed by atoms with Gasteiger partial charge in [0, 0.05) is 17.8 Å². The third kappa shape index (κ3) is 7.20. The molecule has 0 spiro atoms. The fraction of sp³-hybridized carbons (Fsp3) is 0.588. The molecule has 1 aliphatic rings. The molecule has 0 amide bonds. The fourth-order valence-electron chi connectivity index (χ4n) is 2.78. The number of aliphatic imine (C=N–C) groups is 1. The third-order valence-corrected chi connectivity index (χ3v) is 5.10. The Kier molecular flexibility index (Phi) is 9.78. The maximum atomic E-state index is 9.32. The molecule has 1 aliphatic carbocycles. The summed E-state index contributed by atoms with van der Waals surface area (Å²) in [5, 5.41) is 17.0. The summed E-state index contributed by atoms with van der Waals surface area (Å²) in [6, 6.07) is 7.74. The van der Waals surface area contributed by atoms with Gasteiger partial charge in [0.2, 0.25) is 0 Å². The largest absolute Gasteiger partial charge is 0.508 e. The number of nitrogens with one attached hydrogen (secondary N) is 2. The zero-order valence-electron chi connectivity index (χ0n) is 13.9. The number of phenolic OH excluding ortho intramolecular Hbond substituents is 1. The van der Waals surface area contributed by atoms with Crippen LogP contribution in [0.4, 0.5) is 0 Å². The van der Waals surface area contributed by atoms with E-state index in [1.807, 2.05) is 23.9 Å². The molecule has 130 valence electrons. The van der Waals surface area contributed by atoms with E-state index in [2.05, 4.69) is 28.8 Å². The lowest BCUT2D eigenvalue weighted by Gasteiger charge is -2.29. The highest BCUT2D eigenvalue weighted by molar-refractivity contribution is 14.0. The molecule has 6 heteroatoms. The first-order valence-corrected chi connectivity index (χ1v) is 9.35. The SMILES string of the molecule is CCNC(=NCc1ccc(O)cc1)NC1CCCC(SC)C1.I. The molecule has 0 radical (unpaired) electrons. The second-order valence-corrected chi connectivity index (χ2v) is 6.87. The highest BCUT2D eigenvalue weighted by Gasteiger charge is 2.21. The zero-order valence-corrected chi connectivity index (χ0v) is 17.1. The third-order valence-electron chi connectivity index (χ3n) is 4.00. The van der Waals surface area contributed by atoms with E-state index < -0.39 is 0 Å². The molecule has 2 unspecified atom stereocenters. The van der Waals surface area contributed by atoms with E-state index in [1.165, 1.54) is 25.7 Å². The number of nitrogens with zero attached hydrogens (tertiary/aromatic N) is 1. The van der Waals surface area contributed by atoms with Gasteiger partial charge in [-0.05, 0) is 50.1 Å². The summed E-state index contributed by atoms with van der Waals surface area (Å²) in [4.78, 5) is 4.66. The minimum absolute atomic E-state index is 0. The van der Waals surface area contributed by atoms with Crippen LogP contribution in [0.3, 0.4) is 0 Å². The van der Waals surface area contributed by atoms with Crippen molar-refractivity contribution in [1.82, 2.24) is 10.6 Å². The van der Waals surface area contributed by atoms with Crippen LogP contribution in [0.5, 0.6) is 5.75 Å². The van der Waals surface area contributed by atoms with E-state index in [1.54, 1.807) is 12.1 Å². The number of guanidine groups is 1. The normalized spacial score (nSPS) is 21.4. The Morgan fingerprint density at radius 2 is 2.04 bits per heavy atom. The van der Waals surface area contributed by atoms with Gasteiger partial charge in [-0.1, -0.05) is 18.6 Å². The van der Waals surface area contributed by atoms with Gasteiger partial charge in [0.05, 0.1) is 6.54 Å². The van der Waals surface area contributed by atoms with Crippen LogP contribution in [-0.4, -0.2) is 35.2 Å². The summed E-state index contributed by atoms with van der Waals surface area (Å²) in [7, 11) is 0. The van der Waals surface area contributed by atoms with Gasteiger partial charge in [0.1, 0.15) is 5.75 Å². The Bertz CT molecular complexity index is 481. The first-order chi connectivity index (χ1) is 10.7. The predicted molar refractivity (Wildman–Crippen MR) is 111 cm³/mol. The first kappa shape index (κ1) is 20.4. The molecule has 1 fully saturated rings. The van der Waals surface area contributed by atoms with Crippen molar-refractivity contribution < 1.29 is 5.11 Å². The molecule has 1 saturated carbocycles. The topological polar surface area (TPSA) is 56.7 Å². The lowest BCUT2D eigenvalue weighted by Crippen LogP contribution is -2.45. The first-order valence-electron chi connectivity index (χ1n) is 8.06. The van der Waals surface area contributed by atoms with Gasteiger partial charge in [0.15, 0.2) is 5.96 Å². The molecule has 2 atom stereocenters. The number of aromatic hydroxyl groups is 1. The molecule has 0 saturated heterocycles. The summed E-state index contributed by atoms with van der Waals surface area (Å²) in [5.41, 5.74) is 1.10. The summed E-state index contributed by atoms with van der Waals surface area (Å²) >= 11 is 1.98. The van der Waals surface area contributed by atoms with Gasteiger partial charge in [-0.2, -0.15) is 11.8 Å². The van der Waals surface area contributed by atoms with Gasteiger partial charge in [-0.25, -0.2) is 4.99 Å².